The summed E-state index contributed by atoms with van der Waals surface area (Å²) in [4.78, 5) is 26.1. The number of hydrogen-bond donors (Lipinski definition) is 1. The average Bonchev–Trinajstić information content (AvgIpc) is 3.15. The summed E-state index contributed by atoms with van der Waals surface area (Å²) in [7, 11) is 0. The molecule has 2 aliphatic heterocycles. The molecular formula is C21H20N2O4. The van der Waals surface area contributed by atoms with E-state index in [2.05, 4.69) is 5.32 Å². The molecule has 0 aliphatic carbocycles. The zero-order valence-corrected chi connectivity index (χ0v) is 14.8. The SMILES string of the molecule is O=C(/C=C/c1ccc2c(c1)OCO2)Nc1cccc(N2CCCCC2=O)c1. The third-order valence-electron chi connectivity index (χ3n) is 4.57. The van der Waals surface area contributed by atoms with Gasteiger partial charge in [0, 0.05) is 30.4 Å². The predicted octanol–water partition coefficient (Wildman–Crippen LogP) is 3.58. The fourth-order valence-electron chi connectivity index (χ4n) is 3.20. The van der Waals surface area contributed by atoms with E-state index >= 15 is 0 Å². The molecule has 0 unspecified atom stereocenters. The third-order valence-corrected chi connectivity index (χ3v) is 4.57. The van der Waals surface area contributed by atoms with Gasteiger partial charge in [-0.05, 0) is 54.8 Å². The number of rotatable bonds is 4. The van der Waals surface area contributed by atoms with E-state index in [1.165, 1.54) is 6.08 Å². The minimum atomic E-state index is -0.241. The maximum atomic E-state index is 12.2. The van der Waals surface area contributed by atoms with E-state index in [9.17, 15) is 9.59 Å². The standard InChI is InChI=1S/C21H20N2O4/c24-20(10-8-15-7-9-18-19(12-15)27-14-26-18)22-16-4-3-5-17(13-16)23-11-2-1-6-21(23)25/h3-5,7-10,12-13H,1-2,6,11,14H2,(H,22,24)/b10-8+. The highest BCUT2D eigenvalue weighted by molar-refractivity contribution is 6.02. The Labute approximate surface area is 157 Å². The molecular weight excluding hydrogens is 344 g/mol. The van der Waals surface area contributed by atoms with Crippen molar-refractivity contribution in [3.8, 4) is 11.5 Å². The fraction of sp³-hybridized carbons (Fsp3) is 0.238. The zero-order valence-electron chi connectivity index (χ0n) is 14.8. The number of amides is 2. The molecule has 2 aromatic rings. The van der Waals surface area contributed by atoms with Crippen LogP contribution in [0.4, 0.5) is 11.4 Å². The van der Waals surface area contributed by atoms with Gasteiger partial charge >= 0.3 is 0 Å². The second-order valence-electron chi connectivity index (χ2n) is 6.49. The summed E-state index contributed by atoms with van der Waals surface area (Å²) in [6, 6.07) is 12.9. The molecule has 2 aliphatic rings. The number of carbonyl (C=O) groups excluding carboxylic acids is 2. The first kappa shape index (κ1) is 17.1. The summed E-state index contributed by atoms with van der Waals surface area (Å²) in [6.07, 6.45) is 5.71. The number of piperidine rings is 1. The normalized spacial score (nSPS) is 16.0. The Bertz CT molecular complexity index is 907. The molecule has 4 rings (SSSR count). The van der Waals surface area contributed by atoms with Crippen molar-refractivity contribution >= 4 is 29.3 Å². The zero-order chi connectivity index (χ0) is 18.6. The molecule has 0 aromatic heterocycles. The van der Waals surface area contributed by atoms with Crippen LogP contribution in [0.25, 0.3) is 6.08 Å². The van der Waals surface area contributed by atoms with Gasteiger partial charge in [-0.3, -0.25) is 9.59 Å². The van der Waals surface area contributed by atoms with Crippen LogP contribution >= 0.6 is 0 Å². The molecule has 2 aromatic carbocycles. The lowest BCUT2D eigenvalue weighted by atomic mass is 10.1. The first-order valence-electron chi connectivity index (χ1n) is 8.98. The number of benzene rings is 2. The Morgan fingerprint density at radius 2 is 1.96 bits per heavy atom. The van der Waals surface area contributed by atoms with Crippen LogP contribution in [0.2, 0.25) is 0 Å². The van der Waals surface area contributed by atoms with Gasteiger partial charge in [-0.2, -0.15) is 0 Å². The molecule has 1 saturated heterocycles. The van der Waals surface area contributed by atoms with E-state index in [1.807, 2.05) is 42.5 Å². The Morgan fingerprint density at radius 1 is 1.07 bits per heavy atom. The van der Waals surface area contributed by atoms with E-state index in [4.69, 9.17) is 9.47 Å². The predicted molar refractivity (Wildman–Crippen MR) is 103 cm³/mol. The van der Waals surface area contributed by atoms with Crippen LogP contribution in [0.5, 0.6) is 11.5 Å². The van der Waals surface area contributed by atoms with Crippen molar-refractivity contribution in [2.24, 2.45) is 0 Å². The molecule has 0 spiro atoms. The number of ether oxygens (including phenoxy) is 2. The van der Waals surface area contributed by atoms with E-state index in [0.29, 0.717) is 23.6 Å². The van der Waals surface area contributed by atoms with Crippen molar-refractivity contribution in [1.29, 1.82) is 0 Å². The molecule has 138 valence electrons. The van der Waals surface area contributed by atoms with Gasteiger partial charge in [0.05, 0.1) is 0 Å². The molecule has 0 bridgehead atoms. The van der Waals surface area contributed by atoms with Crippen molar-refractivity contribution in [3.05, 3.63) is 54.1 Å². The maximum absolute atomic E-state index is 12.2. The third kappa shape index (κ3) is 3.95. The van der Waals surface area contributed by atoms with Crippen LogP contribution in [0.3, 0.4) is 0 Å². The number of nitrogens with zero attached hydrogens (tertiary/aromatic N) is 1. The van der Waals surface area contributed by atoms with Gasteiger partial charge in [-0.15, -0.1) is 0 Å². The Hall–Kier alpha value is -3.28. The van der Waals surface area contributed by atoms with Crippen molar-refractivity contribution in [2.45, 2.75) is 19.3 Å². The molecule has 6 heteroatoms. The second kappa shape index (κ2) is 7.53. The van der Waals surface area contributed by atoms with Gasteiger partial charge in [0.15, 0.2) is 11.5 Å². The summed E-state index contributed by atoms with van der Waals surface area (Å²) in [5.41, 5.74) is 2.32. The fourth-order valence-corrected chi connectivity index (χ4v) is 3.20. The lowest BCUT2D eigenvalue weighted by molar-refractivity contribution is -0.119. The summed E-state index contributed by atoms with van der Waals surface area (Å²) >= 11 is 0. The number of fused-ring (bicyclic) bond motifs is 1. The largest absolute Gasteiger partial charge is 0.454 e. The summed E-state index contributed by atoms with van der Waals surface area (Å²) in [6.45, 7) is 0.944. The van der Waals surface area contributed by atoms with E-state index in [1.54, 1.807) is 11.0 Å². The lowest BCUT2D eigenvalue weighted by Crippen LogP contribution is -2.35. The summed E-state index contributed by atoms with van der Waals surface area (Å²) in [5.74, 6) is 1.28. The maximum Gasteiger partial charge on any atom is 0.248 e. The van der Waals surface area contributed by atoms with Gasteiger partial charge in [-0.1, -0.05) is 12.1 Å². The van der Waals surface area contributed by atoms with Crippen LogP contribution in [0.1, 0.15) is 24.8 Å². The highest BCUT2D eigenvalue weighted by Crippen LogP contribution is 2.32. The number of carbonyl (C=O) groups is 2. The highest BCUT2D eigenvalue weighted by atomic mass is 16.7. The van der Waals surface area contributed by atoms with Crippen LogP contribution in [0.15, 0.2) is 48.5 Å². The number of anilines is 2. The first-order chi connectivity index (χ1) is 13.2. The van der Waals surface area contributed by atoms with E-state index in [0.717, 1.165) is 30.6 Å². The monoisotopic (exact) mass is 364 g/mol. The highest BCUT2D eigenvalue weighted by Gasteiger charge is 2.19. The molecule has 2 heterocycles. The molecule has 0 radical (unpaired) electrons. The van der Waals surface area contributed by atoms with Crippen LogP contribution in [-0.4, -0.2) is 25.2 Å². The molecule has 1 N–H and O–H groups in total. The van der Waals surface area contributed by atoms with E-state index < -0.39 is 0 Å². The molecule has 27 heavy (non-hydrogen) atoms. The average molecular weight is 364 g/mol. The number of nitrogens with one attached hydrogen (secondary N) is 1. The summed E-state index contributed by atoms with van der Waals surface area (Å²) in [5, 5.41) is 2.84. The van der Waals surface area contributed by atoms with Crippen molar-refractivity contribution < 1.29 is 19.1 Å². The van der Waals surface area contributed by atoms with Gasteiger partial charge in [0.1, 0.15) is 0 Å². The Kier molecular flexibility index (Phi) is 4.78. The van der Waals surface area contributed by atoms with Crippen molar-refractivity contribution in [3.63, 3.8) is 0 Å². The summed E-state index contributed by atoms with van der Waals surface area (Å²) < 4.78 is 10.6. The smallest absolute Gasteiger partial charge is 0.248 e. The minimum Gasteiger partial charge on any atom is -0.454 e. The topological polar surface area (TPSA) is 67.9 Å². The molecule has 1 fully saturated rings. The van der Waals surface area contributed by atoms with Crippen LogP contribution < -0.4 is 19.7 Å². The first-order valence-corrected chi connectivity index (χ1v) is 8.98. The van der Waals surface area contributed by atoms with Crippen molar-refractivity contribution in [1.82, 2.24) is 0 Å². The minimum absolute atomic E-state index is 0.132. The molecule has 0 saturated carbocycles. The number of hydrogen-bond acceptors (Lipinski definition) is 4. The molecule has 0 atom stereocenters. The quantitative estimate of drug-likeness (QED) is 0.842. The van der Waals surface area contributed by atoms with Crippen LogP contribution in [0, 0.1) is 0 Å². The van der Waals surface area contributed by atoms with Gasteiger partial charge in [-0.25, -0.2) is 0 Å². The van der Waals surface area contributed by atoms with Gasteiger partial charge in [0.25, 0.3) is 0 Å². The molecule has 6 nitrogen and oxygen atoms in total. The van der Waals surface area contributed by atoms with E-state index in [-0.39, 0.29) is 18.6 Å². The Morgan fingerprint density at radius 3 is 2.85 bits per heavy atom. The van der Waals surface area contributed by atoms with Gasteiger partial charge in [0.2, 0.25) is 18.6 Å². The Balaban J connectivity index is 1.42. The molecule has 2 amide bonds. The second-order valence-corrected chi connectivity index (χ2v) is 6.49. The lowest BCUT2D eigenvalue weighted by Gasteiger charge is -2.27. The van der Waals surface area contributed by atoms with Gasteiger partial charge < -0.3 is 19.7 Å². The van der Waals surface area contributed by atoms with Crippen LogP contribution in [-0.2, 0) is 9.59 Å². The van der Waals surface area contributed by atoms with Crippen molar-refractivity contribution in [2.75, 3.05) is 23.6 Å².